The highest BCUT2D eigenvalue weighted by Gasteiger charge is 2.48. The first-order valence-corrected chi connectivity index (χ1v) is 16.5. The molecule has 2 saturated heterocycles. The van der Waals surface area contributed by atoms with Gasteiger partial charge in [-0.3, -0.25) is 33.7 Å². The van der Waals surface area contributed by atoms with E-state index in [9.17, 15) is 33.6 Å². The first-order chi connectivity index (χ1) is 21.3. The van der Waals surface area contributed by atoms with Crippen molar-refractivity contribution >= 4 is 41.4 Å². The molecule has 0 aromatic heterocycles. The average Bonchev–Trinajstić information content (AvgIpc) is 3.56. The third-order valence-corrected chi connectivity index (χ3v) is 9.46. The SMILES string of the molecule is CNC(=O)C(=O)C(CC1CC1)NC(=O)[C@@H]1[C@@H](C(C)C)CCN1C(=O)[C@@H](NC(=O)N[C@H](CN1C(=O)CCC1=O)C(C)(C)C)C(C)(C)C. The van der Waals surface area contributed by atoms with Gasteiger partial charge in [0, 0.05) is 33.0 Å². The van der Waals surface area contributed by atoms with Crippen LogP contribution < -0.4 is 21.3 Å². The molecule has 4 N–H and O–H groups in total. The van der Waals surface area contributed by atoms with Gasteiger partial charge in [-0.15, -0.1) is 0 Å². The summed E-state index contributed by atoms with van der Waals surface area (Å²) in [6, 6.07) is -4.13. The molecule has 258 valence electrons. The number of likely N-dealkylation sites (N-methyl/N-ethyl adjacent to an activating group) is 1. The minimum absolute atomic E-state index is 0.0178. The van der Waals surface area contributed by atoms with Crippen LogP contribution in [0.1, 0.15) is 93.9 Å². The number of nitrogens with zero attached hydrogens (tertiary/aromatic N) is 2. The Labute approximate surface area is 272 Å². The van der Waals surface area contributed by atoms with E-state index in [-0.39, 0.29) is 55.5 Å². The van der Waals surface area contributed by atoms with Gasteiger partial charge in [0.05, 0.1) is 12.1 Å². The number of urea groups is 1. The van der Waals surface area contributed by atoms with E-state index in [0.29, 0.717) is 12.8 Å². The predicted octanol–water partition coefficient (Wildman–Crippen LogP) is 1.74. The van der Waals surface area contributed by atoms with E-state index in [2.05, 4.69) is 21.3 Å². The summed E-state index contributed by atoms with van der Waals surface area (Å²) in [7, 11) is 1.37. The Morgan fingerprint density at radius 3 is 1.91 bits per heavy atom. The number of hydrogen-bond acceptors (Lipinski definition) is 7. The van der Waals surface area contributed by atoms with Crippen LogP contribution in [0.15, 0.2) is 0 Å². The molecule has 46 heavy (non-hydrogen) atoms. The molecule has 1 saturated carbocycles. The highest BCUT2D eigenvalue weighted by molar-refractivity contribution is 6.38. The maximum absolute atomic E-state index is 14.3. The van der Waals surface area contributed by atoms with Crippen molar-refractivity contribution < 1.29 is 33.6 Å². The lowest BCUT2D eigenvalue weighted by Gasteiger charge is -2.38. The number of amides is 7. The van der Waals surface area contributed by atoms with E-state index in [1.165, 1.54) is 16.8 Å². The van der Waals surface area contributed by atoms with Gasteiger partial charge in [0.25, 0.3) is 5.91 Å². The summed E-state index contributed by atoms with van der Waals surface area (Å²) in [6.45, 7) is 15.4. The average molecular weight is 647 g/mol. The number of ketones is 1. The third-order valence-electron chi connectivity index (χ3n) is 9.46. The number of Topliss-reactive ketones (excluding diaryl/α,β-unsaturated/α-hetero) is 1. The van der Waals surface area contributed by atoms with Crippen molar-refractivity contribution in [3.63, 3.8) is 0 Å². The van der Waals surface area contributed by atoms with E-state index in [4.69, 9.17) is 0 Å². The summed E-state index contributed by atoms with van der Waals surface area (Å²) in [4.78, 5) is 94.1. The molecule has 13 heteroatoms. The monoisotopic (exact) mass is 646 g/mol. The zero-order valence-corrected chi connectivity index (χ0v) is 29.0. The molecule has 0 bridgehead atoms. The Balaban J connectivity index is 1.82. The molecule has 0 radical (unpaired) electrons. The Morgan fingerprint density at radius 2 is 1.43 bits per heavy atom. The number of nitrogens with one attached hydrogen (secondary N) is 4. The molecule has 0 spiro atoms. The molecule has 0 aromatic rings. The molecule has 0 aromatic carbocycles. The molecular weight excluding hydrogens is 592 g/mol. The summed E-state index contributed by atoms with van der Waals surface area (Å²) in [5, 5.41) is 10.9. The second kappa shape index (κ2) is 14.5. The first kappa shape index (κ1) is 37.0. The maximum Gasteiger partial charge on any atom is 0.315 e. The Bertz CT molecular complexity index is 1200. The van der Waals surface area contributed by atoms with Crippen LogP contribution >= 0.6 is 0 Å². The van der Waals surface area contributed by atoms with Crippen LogP contribution in [0, 0.1) is 28.6 Å². The van der Waals surface area contributed by atoms with Gasteiger partial charge in [0.2, 0.25) is 29.4 Å². The molecule has 1 aliphatic carbocycles. The lowest BCUT2D eigenvalue weighted by Crippen LogP contribution is -2.62. The van der Waals surface area contributed by atoms with E-state index < -0.39 is 64.5 Å². The van der Waals surface area contributed by atoms with Crippen LogP contribution in [0.4, 0.5) is 4.79 Å². The lowest BCUT2D eigenvalue weighted by atomic mass is 9.84. The van der Waals surface area contributed by atoms with E-state index >= 15 is 0 Å². The molecule has 5 atom stereocenters. The minimum atomic E-state index is -1.03. The van der Waals surface area contributed by atoms with Gasteiger partial charge in [-0.05, 0) is 41.4 Å². The van der Waals surface area contributed by atoms with Crippen molar-refractivity contribution in [1.29, 1.82) is 0 Å². The number of likely N-dealkylation sites (tertiary alicyclic amines) is 2. The molecule has 7 amide bonds. The largest absolute Gasteiger partial charge is 0.353 e. The molecule has 3 aliphatic rings. The van der Waals surface area contributed by atoms with Gasteiger partial charge in [0.15, 0.2) is 0 Å². The minimum Gasteiger partial charge on any atom is -0.353 e. The number of carbonyl (C=O) groups excluding carboxylic acids is 7. The van der Waals surface area contributed by atoms with E-state index in [1.54, 1.807) is 0 Å². The maximum atomic E-state index is 14.3. The summed E-state index contributed by atoms with van der Waals surface area (Å²) in [5.41, 5.74) is -1.28. The van der Waals surface area contributed by atoms with Crippen LogP contribution in [-0.4, -0.2) is 95.5 Å². The second-order valence-electron chi connectivity index (χ2n) is 15.6. The summed E-state index contributed by atoms with van der Waals surface area (Å²) in [5.74, 6) is -2.87. The summed E-state index contributed by atoms with van der Waals surface area (Å²) >= 11 is 0. The van der Waals surface area contributed by atoms with Crippen LogP contribution in [0.5, 0.6) is 0 Å². The van der Waals surface area contributed by atoms with E-state index in [0.717, 1.165) is 12.8 Å². The van der Waals surface area contributed by atoms with Crippen LogP contribution in [0.25, 0.3) is 0 Å². The zero-order chi connectivity index (χ0) is 34.7. The molecule has 1 unspecified atom stereocenters. The van der Waals surface area contributed by atoms with Crippen molar-refractivity contribution in [2.24, 2.45) is 28.6 Å². The number of rotatable bonds is 12. The fourth-order valence-corrected chi connectivity index (χ4v) is 6.24. The van der Waals surface area contributed by atoms with Gasteiger partial charge in [-0.2, -0.15) is 0 Å². The standard InChI is InChI=1S/C33H54N6O7/c1-18(2)20-14-15-38(25(20)28(43)35-21(16-19-10-11-19)26(42)29(44)34-9)30(45)27(33(6,7)8)37-31(46)36-22(32(3,4)5)17-39-23(40)12-13-24(39)41/h18-22,25,27H,10-17H2,1-9H3,(H,34,44)(H,35,43)(H2,36,37,46)/t20-,21?,22-,25+,27-/m1/s1. The van der Waals surface area contributed by atoms with Crippen LogP contribution in [0.3, 0.4) is 0 Å². The van der Waals surface area contributed by atoms with Crippen molar-refractivity contribution in [2.75, 3.05) is 20.1 Å². The van der Waals surface area contributed by atoms with E-state index in [1.807, 2.05) is 55.4 Å². The molecule has 3 fully saturated rings. The Hall–Kier alpha value is -3.51. The predicted molar refractivity (Wildman–Crippen MR) is 171 cm³/mol. The molecule has 13 nitrogen and oxygen atoms in total. The highest BCUT2D eigenvalue weighted by atomic mass is 16.2. The van der Waals surface area contributed by atoms with Crippen molar-refractivity contribution in [1.82, 2.24) is 31.1 Å². The smallest absolute Gasteiger partial charge is 0.315 e. The second-order valence-corrected chi connectivity index (χ2v) is 15.6. The lowest BCUT2D eigenvalue weighted by molar-refractivity contribution is -0.144. The summed E-state index contributed by atoms with van der Waals surface area (Å²) in [6.07, 6.45) is 3.07. The molecule has 3 rings (SSSR count). The third kappa shape index (κ3) is 9.06. The highest BCUT2D eigenvalue weighted by Crippen LogP contribution is 2.36. The first-order valence-electron chi connectivity index (χ1n) is 16.5. The van der Waals surface area contributed by atoms with Crippen LogP contribution in [-0.2, 0) is 28.8 Å². The zero-order valence-electron chi connectivity index (χ0n) is 29.0. The quantitative estimate of drug-likeness (QED) is 0.185. The van der Waals surface area contributed by atoms with Crippen molar-refractivity contribution in [2.45, 2.75) is 118 Å². The topological polar surface area (TPSA) is 174 Å². The number of carbonyl (C=O) groups is 7. The van der Waals surface area contributed by atoms with Gasteiger partial charge >= 0.3 is 6.03 Å². The molecule has 2 aliphatic heterocycles. The van der Waals surface area contributed by atoms with Gasteiger partial charge in [-0.25, -0.2) is 4.79 Å². The van der Waals surface area contributed by atoms with Gasteiger partial charge < -0.3 is 26.2 Å². The van der Waals surface area contributed by atoms with Crippen LogP contribution in [0.2, 0.25) is 0 Å². The molecular formula is C33H54N6O7. The number of hydrogen-bond donors (Lipinski definition) is 4. The number of imide groups is 1. The summed E-state index contributed by atoms with van der Waals surface area (Å²) < 4.78 is 0. The van der Waals surface area contributed by atoms with Gasteiger partial charge in [0.1, 0.15) is 12.1 Å². The van der Waals surface area contributed by atoms with Crippen molar-refractivity contribution in [3.05, 3.63) is 0 Å². The fraction of sp³-hybridized carbons (Fsp3) is 0.788. The Morgan fingerprint density at radius 1 is 0.848 bits per heavy atom. The normalized spacial score (nSPS) is 22.4. The molecule has 2 heterocycles. The van der Waals surface area contributed by atoms with Gasteiger partial charge in [-0.1, -0.05) is 68.2 Å². The van der Waals surface area contributed by atoms with Crippen molar-refractivity contribution in [3.8, 4) is 0 Å². The fourth-order valence-electron chi connectivity index (χ4n) is 6.24. The Kier molecular flexibility index (Phi) is 11.6.